The molecule has 0 aromatic rings. The summed E-state index contributed by atoms with van der Waals surface area (Å²) in [5.41, 5.74) is 0. The summed E-state index contributed by atoms with van der Waals surface area (Å²) in [4.78, 5) is 73.0. The second-order valence-electron chi connectivity index (χ2n) is 26.2. The van der Waals surface area contributed by atoms with Gasteiger partial charge in [-0.3, -0.25) is 37.3 Å². The molecule has 0 saturated heterocycles. The summed E-state index contributed by atoms with van der Waals surface area (Å²) < 4.78 is 68.5. The number of aliphatic hydroxyl groups is 1. The van der Waals surface area contributed by atoms with Crippen molar-refractivity contribution in [2.24, 2.45) is 0 Å². The van der Waals surface area contributed by atoms with E-state index in [4.69, 9.17) is 37.0 Å². The predicted octanol–water partition coefficient (Wildman–Crippen LogP) is 23.4. The molecule has 0 aromatic heterocycles. The van der Waals surface area contributed by atoms with E-state index >= 15 is 0 Å². The lowest BCUT2D eigenvalue weighted by Crippen LogP contribution is -2.30. The SMILES string of the molecule is CC/C=C\C/C=C\C/C=C\C/C=C\CCCCC(=O)OCC(COP(=O)(O)OCC(O)COP(=O)(O)OCC(COC(=O)CCCCCCCC/C=C\C/C=C\C/C=C\CCCCC)OC(=O)CCCCCCC/C=C\CCCCCCCC)OC(=O)CCCC/C=C\C/C=C\C/C=C\C/C=C\CC. The first-order chi connectivity index (χ1) is 50.7. The van der Waals surface area contributed by atoms with Crippen molar-refractivity contribution in [2.45, 2.75) is 329 Å². The summed E-state index contributed by atoms with van der Waals surface area (Å²) >= 11 is 0. The third-order valence-corrected chi connectivity index (χ3v) is 18.2. The van der Waals surface area contributed by atoms with Crippen LogP contribution in [0.2, 0.25) is 0 Å². The normalized spacial score (nSPS) is 14.6. The Hall–Kier alpha value is -5.06. The third-order valence-electron chi connectivity index (χ3n) is 16.3. The summed E-state index contributed by atoms with van der Waals surface area (Å²) in [6.07, 6.45) is 86.9. The molecule has 0 saturated carbocycles. The van der Waals surface area contributed by atoms with Gasteiger partial charge in [0.2, 0.25) is 0 Å². The van der Waals surface area contributed by atoms with Crippen LogP contribution in [-0.4, -0.2) is 96.7 Å². The van der Waals surface area contributed by atoms with Crippen LogP contribution in [-0.2, 0) is 65.4 Å². The van der Waals surface area contributed by atoms with Crippen molar-refractivity contribution >= 4 is 39.5 Å². The third kappa shape index (κ3) is 75.2. The molecular weight excluding hydrogens is 1350 g/mol. The maximum absolute atomic E-state index is 13.1. The molecule has 17 nitrogen and oxygen atoms in total. The molecule has 0 amide bonds. The minimum atomic E-state index is -5.00. The van der Waals surface area contributed by atoms with Crippen molar-refractivity contribution < 1.29 is 80.2 Å². The highest BCUT2D eigenvalue weighted by atomic mass is 31.2. The number of hydrogen-bond donors (Lipinski definition) is 3. The van der Waals surface area contributed by atoms with Crippen LogP contribution in [0.1, 0.15) is 310 Å². The minimum absolute atomic E-state index is 0.0289. The van der Waals surface area contributed by atoms with Crippen LogP contribution in [0.5, 0.6) is 0 Å². The topological polar surface area (TPSA) is 237 Å². The van der Waals surface area contributed by atoms with Crippen molar-refractivity contribution in [3.05, 3.63) is 146 Å². The van der Waals surface area contributed by atoms with Crippen LogP contribution in [0.3, 0.4) is 0 Å². The molecule has 19 heteroatoms. The number of phosphoric ester groups is 2. The molecule has 104 heavy (non-hydrogen) atoms. The van der Waals surface area contributed by atoms with Crippen molar-refractivity contribution in [3.8, 4) is 0 Å². The molecule has 0 bridgehead atoms. The van der Waals surface area contributed by atoms with E-state index in [0.29, 0.717) is 32.1 Å². The van der Waals surface area contributed by atoms with Gasteiger partial charge in [-0.05, 0) is 167 Å². The van der Waals surface area contributed by atoms with E-state index in [1.807, 2.05) is 0 Å². The second kappa shape index (κ2) is 76.1. The van der Waals surface area contributed by atoms with Gasteiger partial charge in [0, 0.05) is 25.7 Å². The van der Waals surface area contributed by atoms with Gasteiger partial charge in [0.25, 0.3) is 0 Å². The van der Waals surface area contributed by atoms with Crippen molar-refractivity contribution in [3.63, 3.8) is 0 Å². The van der Waals surface area contributed by atoms with E-state index in [0.717, 1.165) is 167 Å². The fourth-order valence-electron chi connectivity index (χ4n) is 10.2. The number of aliphatic hydroxyl groups excluding tert-OH is 1. The Bertz CT molecular complexity index is 2540. The van der Waals surface area contributed by atoms with E-state index in [9.17, 15) is 43.2 Å². The summed E-state index contributed by atoms with van der Waals surface area (Å²) in [6.45, 7) is 4.50. The molecule has 0 radical (unpaired) electrons. The van der Waals surface area contributed by atoms with Gasteiger partial charge in [0.1, 0.15) is 19.3 Å². The Morgan fingerprint density at radius 1 is 0.279 bits per heavy atom. The van der Waals surface area contributed by atoms with Crippen LogP contribution >= 0.6 is 15.6 Å². The van der Waals surface area contributed by atoms with E-state index in [-0.39, 0.29) is 25.7 Å². The Kier molecular flexibility index (Phi) is 72.4. The van der Waals surface area contributed by atoms with Crippen LogP contribution in [0, 0.1) is 0 Å². The lowest BCUT2D eigenvalue weighted by Gasteiger charge is -2.21. The molecule has 0 aliphatic rings. The van der Waals surface area contributed by atoms with Crippen LogP contribution < -0.4 is 0 Å². The molecule has 0 spiro atoms. The number of esters is 4. The van der Waals surface area contributed by atoms with E-state index in [1.54, 1.807) is 0 Å². The van der Waals surface area contributed by atoms with Gasteiger partial charge in [-0.25, -0.2) is 9.13 Å². The molecule has 0 fully saturated rings. The Labute approximate surface area is 630 Å². The zero-order valence-electron chi connectivity index (χ0n) is 64.9. The highest BCUT2D eigenvalue weighted by molar-refractivity contribution is 7.47. The fourth-order valence-corrected chi connectivity index (χ4v) is 11.8. The lowest BCUT2D eigenvalue weighted by molar-refractivity contribution is -0.161. The molecule has 0 heterocycles. The number of allylic oxidation sites excluding steroid dienone is 24. The van der Waals surface area contributed by atoms with Gasteiger partial charge in [0.05, 0.1) is 26.4 Å². The van der Waals surface area contributed by atoms with E-state index < -0.39 is 97.5 Å². The molecule has 5 unspecified atom stereocenters. The van der Waals surface area contributed by atoms with Crippen molar-refractivity contribution in [2.75, 3.05) is 39.6 Å². The number of phosphoric acid groups is 2. The van der Waals surface area contributed by atoms with Crippen molar-refractivity contribution in [1.82, 2.24) is 0 Å². The average molecular weight is 1500 g/mol. The maximum atomic E-state index is 13.1. The molecule has 0 aliphatic carbocycles. The molecule has 0 aromatic carbocycles. The minimum Gasteiger partial charge on any atom is -0.462 e. The molecule has 0 aliphatic heterocycles. The largest absolute Gasteiger partial charge is 0.472 e. The Morgan fingerprint density at radius 2 is 0.500 bits per heavy atom. The van der Waals surface area contributed by atoms with E-state index in [2.05, 4.69) is 174 Å². The zero-order valence-corrected chi connectivity index (χ0v) is 66.7. The van der Waals surface area contributed by atoms with Gasteiger partial charge in [-0.1, -0.05) is 263 Å². The van der Waals surface area contributed by atoms with Crippen LogP contribution in [0.25, 0.3) is 0 Å². The van der Waals surface area contributed by atoms with E-state index in [1.165, 1.54) is 57.8 Å². The zero-order chi connectivity index (χ0) is 76.0. The summed E-state index contributed by atoms with van der Waals surface area (Å²) in [6, 6.07) is 0. The average Bonchev–Trinajstić information content (AvgIpc) is 0.912. The quantitative estimate of drug-likeness (QED) is 0.0169. The first-order valence-corrected chi connectivity index (χ1v) is 43.1. The number of unbranched alkanes of at least 4 members (excludes halogenated alkanes) is 24. The standard InChI is InChI=1S/C85H142O17P2/c1-5-9-13-17-21-25-29-33-37-38-39-40-44-46-50-54-58-62-66-70-83(88)96-76-81(102-85(90)72-68-64-60-56-52-48-43-36-32-28-24-20-16-12-8-4)78-100-104(93,94)98-74-79(86)73-97-103(91,92)99-77-80(101-84(89)71-67-63-59-55-51-47-42-35-31-27-23-19-15-11-7-3)75-95-82(87)69-65-61-57-53-49-45-41-34-30-26-22-18-14-10-6-2/h10-11,14-15,21-23,25-27,33-37,39-43,49,51,53,55,79-81,86H,5-9,12-13,16-20,24,28-32,38,44-48,50,52,54,56-78H2,1-4H3,(H,91,92)(H,93,94)/b14-10-,15-11-,25-21-,26-22-,27-23-,37-33-,40-39-,41-34-,42-35-,43-36-,53-49-,55-51-. The van der Waals surface area contributed by atoms with Crippen molar-refractivity contribution in [1.29, 1.82) is 0 Å². The number of ether oxygens (including phenoxy) is 4. The van der Waals surface area contributed by atoms with Gasteiger partial charge in [-0.2, -0.15) is 0 Å². The van der Waals surface area contributed by atoms with Crippen LogP contribution in [0.4, 0.5) is 0 Å². The summed E-state index contributed by atoms with van der Waals surface area (Å²) in [5, 5.41) is 10.6. The highest BCUT2D eigenvalue weighted by Crippen LogP contribution is 2.45. The molecule has 5 atom stereocenters. The first kappa shape index (κ1) is 98.9. The number of carbonyl (C=O) groups excluding carboxylic acids is 4. The predicted molar refractivity (Wildman–Crippen MR) is 427 cm³/mol. The lowest BCUT2D eigenvalue weighted by atomic mass is 10.1. The second-order valence-corrected chi connectivity index (χ2v) is 29.1. The monoisotopic (exact) mass is 1500 g/mol. The van der Waals surface area contributed by atoms with Gasteiger partial charge in [-0.15, -0.1) is 0 Å². The Morgan fingerprint density at radius 3 is 0.817 bits per heavy atom. The van der Waals surface area contributed by atoms with Gasteiger partial charge >= 0.3 is 39.5 Å². The Balaban J connectivity index is 5.44. The molecule has 3 N–H and O–H groups in total. The number of hydrogen-bond acceptors (Lipinski definition) is 15. The summed E-state index contributed by atoms with van der Waals surface area (Å²) in [7, 11) is -10.00. The molecule has 0 rings (SSSR count). The van der Waals surface area contributed by atoms with Gasteiger partial charge in [0.15, 0.2) is 12.2 Å². The number of rotatable bonds is 74. The highest BCUT2D eigenvalue weighted by Gasteiger charge is 2.30. The molecular formula is C85H142O17P2. The maximum Gasteiger partial charge on any atom is 0.472 e. The summed E-state index contributed by atoms with van der Waals surface area (Å²) in [5.74, 6) is -2.30. The smallest absolute Gasteiger partial charge is 0.462 e. The first-order valence-electron chi connectivity index (χ1n) is 40.1. The molecule has 594 valence electrons. The van der Waals surface area contributed by atoms with Gasteiger partial charge < -0.3 is 33.8 Å². The van der Waals surface area contributed by atoms with Crippen LogP contribution in [0.15, 0.2) is 146 Å². The fraction of sp³-hybridized carbons (Fsp3) is 0.671. The number of carbonyl (C=O) groups is 4.